The molecule has 2 aliphatic heterocycles. The number of hydrogen-bond acceptors (Lipinski definition) is 5. The fourth-order valence-electron chi connectivity index (χ4n) is 3.41. The van der Waals surface area contributed by atoms with Gasteiger partial charge < -0.3 is 20.3 Å². The smallest absolute Gasteiger partial charge is 0.242 e. The first kappa shape index (κ1) is 18.8. The third kappa shape index (κ3) is 4.81. The van der Waals surface area contributed by atoms with E-state index in [0.717, 1.165) is 24.2 Å². The number of aryl methyl sites for hydroxylation is 1. The topological polar surface area (TPSA) is 73.9 Å². The van der Waals surface area contributed by atoms with Crippen LogP contribution in [0.5, 0.6) is 0 Å². The van der Waals surface area contributed by atoms with Gasteiger partial charge in [0.15, 0.2) is 0 Å². The van der Waals surface area contributed by atoms with Gasteiger partial charge in [-0.3, -0.25) is 14.5 Å². The van der Waals surface area contributed by atoms with Crippen LogP contribution < -0.4 is 10.6 Å². The van der Waals surface area contributed by atoms with Gasteiger partial charge >= 0.3 is 0 Å². The normalized spacial score (nSPS) is 21.4. The average molecular weight is 360 g/mol. The number of rotatable bonds is 5. The maximum absolute atomic E-state index is 12.5. The van der Waals surface area contributed by atoms with Gasteiger partial charge in [0, 0.05) is 38.4 Å². The first-order valence-corrected chi connectivity index (χ1v) is 9.37. The molecule has 1 aromatic rings. The number of nitrogens with zero attached hydrogens (tertiary/aromatic N) is 2. The van der Waals surface area contributed by atoms with Gasteiger partial charge in [0.05, 0.1) is 19.8 Å². The number of carbonyl (C=O) groups excluding carboxylic acids is 2. The Morgan fingerprint density at radius 3 is 2.69 bits per heavy atom. The van der Waals surface area contributed by atoms with Gasteiger partial charge in [-0.2, -0.15) is 0 Å². The van der Waals surface area contributed by atoms with E-state index in [1.807, 2.05) is 29.2 Å². The van der Waals surface area contributed by atoms with E-state index in [-0.39, 0.29) is 17.9 Å². The number of ether oxygens (including phenoxy) is 1. The second-order valence-electron chi connectivity index (χ2n) is 6.74. The van der Waals surface area contributed by atoms with Crippen LogP contribution in [0.2, 0.25) is 0 Å². The molecule has 0 spiro atoms. The van der Waals surface area contributed by atoms with Crippen LogP contribution in [0, 0.1) is 0 Å². The monoisotopic (exact) mass is 360 g/mol. The largest absolute Gasteiger partial charge is 0.378 e. The van der Waals surface area contributed by atoms with E-state index >= 15 is 0 Å². The summed E-state index contributed by atoms with van der Waals surface area (Å²) in [5, 5.41) is 6.21. The summed E-state index contributed by atoms with van der Waals surface area (Å²) < 4.78 is 5.37. The summed E-state index contributed by atoms with van der Waals surface area (Å²) in [6, 6.07) is 7.65. The van der Waals surface area contributed by atoms with Crippen LogP contribution in [0.3, 0.4) is 0 Å². The van der Waals surface area contributed by atoms with E-state index in [0.29, 0.717) is 45.9 Å². The Labute approximate surface area is 154 Å². The fraction of sp³-hybridized carbons (Fsp3) is 0.579. The predicted octanol–water partition coefficient (Wildman–Crippen LogP) is 0.320. The van der Waals surface area contributed by atoms with E-state index in [9.17, 15) is 9.59 Å². The Hall–Kier alpha value is -1.96. The number of nitrogens with one attached hydrogen (secondary N) is 2. The van der Waals surface area contributed by atoms with Gasteiger partial charge in [0.2, 0.25) is 11.8 Å². The molecule has 3 rings (SSSR count). The highest BCUT2D eigenvalue weighted by atomic mass is 16.5. The second kappa shape index (κ2) is 9.12. The van der Waals surface area contributed by atoms with Crippen molar-refractivity contribution in [1.82, 2.24) is 15.1 Å². The van der Waals surface area contributed by atoms with Crippen LogP contribution in [-0.2, 0) is 20.7 Å². The van der Waals surface area contributed by atoms with Crippen LogP contribution in [-0.4, -0.2) is 80.1 Å². The molecule has 1 aromatic carbocycles. The zero-order valence-electron chi connectivity index (χ0n) is 15.4. The number of amides is 2. The summed E-state index contributed by atoms with van der Waals surface area (Å²) in [6.07, 6.45) is 0.885. The maximum atomic E-state index is 12.5. The molecule has 2 aliphatic rings. The van der Waals surface area contributed by atoms with Crippen molar-refractivity contribution in [3.63, 3.8) is 0 Å². The van der Waals surface area contributed by atoms with Gasteiger partial charge in [-0.15, -0.1) is 0 Å². The predicted molar refractivity (Wildman–Crippen MR) is 100 cm³/mol. The lowest BCUT2D eigenvalue weighted by molar-refractivity contribution is -0.138. The van der Waals surface area contributed by atoms with Crippen molar-refractivity contribution in [2.24, 2.45) is 0 Å². The van der Waals surface area contributed by atoms with Crippen LogP contribution in [0.4, 0.5) is 5.69 Å². The molecule has 2 N–H and O–H groups in total. The Kier molecular flexibility index (Phi) is 6.60. The van der Waals surface area contributed by atoms with Crippen LogP contribution in [0.15, 0.2) is 24.3 Å². The fourth-order valence-corrected chi connectivity index (χ4v) is 3.41. The molecule has 0 bridgehead atoms. The first-order chi connectivity index (χ1) is 12.7. The molecule has 0 aromatic heterocycles. The number of anilines is 1. The third-order valence-corrected chi connectivity index (χ3v) is 4.94. The summed E-state index contributed by atoms with van der Waals surface area (Å²) in [4.78, 5) is 28.8. The lowest BCUT2D eigenvalue weighted by Crippen LogP contribution is -2.57. The third-order valence-electron chi connectivity index (χ3n) is 4.94. The quantitative estimate of drug-likeness (QED) is 0.791. The minimum Gasteiger partial charge on any atom is -0.378 e. The van der Waals surface area contributed by atoms with Crippen molar-refractivity contribution in [2.45, 2.75) is 19.4 Å². The molecule has 0 radical (unpaired) electrons. The highest BCUT2D eigenvalue weighted by Gasteiger charge is 2.29. The van der Waals surface area contributed by atoms with Gasteiger partial charge in [-0.1, -0.05) is 25.1 Å². The van der Waals surface area contributed by atoms with Gasteiger partial charge in [-0.25, -0.2) is 0 Å². The van der Waals surface area contributed by atoms with Crippen molar-refractivity contribution >= 4 is 17.5 Å². The molecule has 7 nitrogen and oxygen atoms in total. The Morgan fingerprint density at radius 2 is 2.00 bits per heavy atom. The molecule has 0 aliphatic carbocycles. The van der Waals surface area contributed by atoms with Gasteiger partial charge in [0.25, 0.3) is 0 Å². The molecule has 142 valence electrons. The zero-order valence-corrected chi connectivity index (χ0v) is 15.4. The molecular formula is C19H28N4O3. The van der Waals surface area contributed by atoms with Crippen molar-refractivity contribution < 1.29 is 14.3 Å². The molecular weight excluding hydrogens is 332 g/mol. The van der Waals surface area contributed by atoms with Crippen molar-refractivity contribution in [2.75, 3.05) is 57.8 Å². The maximum Gasteiger partial charge on any atom is 0.242 e. The number of hydrogen-bond donors (Lipinski definition) is 2. The number of para-hydroxylation sites is 1. The summed E-state index contributed by atoms with van der Waals surface area (Å²) in [5.41, 5.74) is 2.02. The summed E-state index contributed by atoms with van der Waals surface area (Å²) in [6.45, 7) is 6.97. The van der Waals surface area contributed by atoms with E-state index in [1.54, 1.807) is 0 Å². The Balaban J connectivity index is 1.44. The van der Waals surface area contributed by atoms with Crippen LogP contribution in [0.1, 0.15) is 12.5 Å². The average Bonchev–Trinajstić information content (AvgIpc) is 2.69. The summed E-state index contributed by atoms with van der Waals surface area (Å²) in [5.74, 6) is 0.0960. The molecule has 7 heteroatoms. The zero-order chi connectivity index (χ0) is 18.4. The molecule has 1 atom stereocenters. The first-order valence-electron chi connectivity index (χ1n) is 9.37. The number of carbonyl (C=O) groups is 2. The van der Waals surface area contributed by atoms with Gasteiger partial charge in [-0.05, 0) is 18.1 Å². The minimum atomic E-state index is -0.232. The Bertz CT molecular complexity index is 623. The summed E-state index contributed by atoms with van der Waals surface area (Å²) in [7, 11) is 0. The molecule has 2 heterocycles. The van der Waals surface area contributed by atoms with E-state index in [1.165, 1.54) is 0 Å². The molecule has 0 saturated carbocycles. The lowest BCUT2D eigenvalue weighted by atomic mass is 10.1. The van der Waals surface area contributed by atoms with E-state index in [2.05, 4.69) is 22.5 Å². The van der Waals surface area contributed by atoms with Crippen molar-refractivity contribution in [1.29, 1.82) is 0 Å². The van der Waals surface area contributed by atoms with E-state index in [4.69, 9.17) is 4.74 Å². The lowest BCUT2D eigenvalue weighted by Gasteiger charge is -2.37. The second-order valence-corrected chi connectivity index (χ2v) is 6.74. The molecule has 2 amide bonds. The Morgan fingerprint density at radius 1 is 1.23 bits per heavy atom. The number of morpholine rings is 1. The number of piperazine rings is 1. The van der Waals surface area contributed by atoms with Crippen molar-refractivity contribution in [3.05, 3.63) is 29.8 Å². The molecule has 2 fully saturated rings. The standard InChI is InChI=1S/C19H28N4O3/c1-2-15-5-3-4-6-16(15)21-18(24)13-22-8-10-23(11-9-22)19(25)17-14-26-12-7-20-17/h3-6,17,20H,2,7-14H2,1H3,(H,21,24). The van der Waals surface area contributed by atoms with Gasteiger partial charge in [0.1, 0.15) is 6.04 Å². The molecule has 26 heavy (non-hydrogen) atoms. The SMILES string of the molecule is CCc1ccccc1NC(=O)CN1CCN(C(=O)C2COCCN2)CC1. The number of benzene rings is 1. The van der Waals surface area contributed by atoms with Crippen LogP contribution >= 0.6 is 0 Å². The molecule has 1 unspecified atom stereocenters. The van der Waals surface area contributed by atoms with E-state index < -0.39 is 0 Å². The minimum absolute atomic E-state index is 0.00646. The summed E-state index contributed by atoms with van der Waals surface area (Å²) >= 11 is 0. The highest BCUT2D eigenvalue weighted by molar-refractivity contribution is 5.93. The van der Waals surface area contributed by atoms with Crippen LogP contribution in [0.25, 0.3) is 0 Å². The highest BCUT2D eigenvalue weighted by Crippen LogP contribution is 2.15. The molecule has 2 saturated heterocycles. The van der Waals surface area contributed by atoms with Crippen molar-refractivity contribution in [3.8, 4) is 0 Å².